The molecule has 2 aromatic rings. The molecule has 0 unspecified atom stereocenters. The molecule has 0 aromatic heterocycles. The average molecular weight is 497 g/mol. The molecule has 2 amide bonds. The van der Waals surface area contributed by atoms with Gasteiger partial charge in [-0.2, -0.15) is 0 Å². The fourth-order valence-electron chi connectivity index (χ4n) is 3.54. The second-order valence-electron chi connectivity index (χ2n) is 8.17. The van der Waals surface area contributed by atoms with E-state index in [-0.39, 0.29) is 18.9 Å². The largest absolute Gasteiger partial charge is 0.465 e. The lowest BCUT2D eigenvalue weighted by atomic mass is 10.1. The van der Waals surface area contributed by atoms with Gasteiger partial charge in [0.15, 0.2) is 6.61 Å². The van der Waals surface area contributed by atoms with E-state index in [4.69, 9.17) is 9.47 Å². The maximum Gasteiger partial charge on any atom is 0.338 e. The van der Waals surface area contributed by atoms with Gasteiger partial charge in [-0.1, -0.05) is 13.3 Å². The number of amides is 2. The van der Waals surface area contributed by atoms with Crippen LogP contribution in [0.5, 0.6) is 0 Å². The number of unbranched alkanes of at least 4 members (excludes halogenated alkanes) is 1. The molecular formula is C26H28N2O8. The quantitative estimate of drug-likeness (QED) is 0.302. The zero-order chi connectivity index (χ0) is 26.1. The molecule has 10 heteroatoms. The van der Waals surface area contributed by atoms with E-state index in [9.17, 15) is 24.0 Å². The van der Waals surface area contributed by atoms with Crippen LogP contribution in [-0.4, -0.2) is 56.6 Å². The maximum atomic E-state index is 12.5. The zero-order valence-electron chi connectivity index (χ0n) is 20.2. The predicted molar refractivity (Wildman–Crippen MR) is 129 cm³/mol. The standard InChI is InChI=1S/C26H28N2O8/c1-3-4-13-35-25(32)18-7-11-21(12-8-18)28-15-19(14-23(28)30)26(33)36-16-22(29)27-20-9-5-17(6-10-20)24(31)34-2/h5-12,19H,3-4,13-16H2,1-2H3,(H,27,29)/t19-/m0/s1. The first-order valence-electron chi connectivity index (χ1n) is 11.5. The lowest BCUT2D eigenvalue weighted by molar-refractivity contribution is -0.151. The SMILES string of the molecule is CCCCOC(=O)c1ccc(N2C[C@@H](C(=O)OCC(=O)Nc3ccc(C(=O)OC)cc3)CC2=O)cc1. The number of rotatable bonds is 10. The van der Waals surface area contributed by atoms with E-state index in [1.807, 2.05) is 6.92 Å². The molecule has 1 fully saturated rings. The number of carbonyl (C=O) groups excluding carboxylic acids is 5. The Morgan fingerprint density at radius 1 is 0.944 bits per heavy atom. The first kappa shape index (κ1) is 26.4. The number of hydrogen-bond acceptors (Lipinski definition) is 8. The van der Waals surface area contributed by atoms with Gasteiger partial charge in [0.2, 0.25) is 5.91 Å². The summed E-state index contributed by atoms with van der Waals surface area (Å²) in [5.41, 5.74) is 1.68. The molecule has 10 nitrogen and oxygen atoms in total. The van der Waals surface area contributed by atoms with Crippen LogP contribution in [0.1, 0.15) is 46.9 Å². The average Bonchev–Trinajstić information content (AvgIpc) is 3.29. The summed E-state index contributed by atoms with van der Waals surface area (Å²) in [5.74, 6) is -3.12. The van der Waals surface area contributed by atoms with Crippen molar-refractivity contribution in [2.45, 2.75) is 26.2 Å². The van der Waals surface area contributed by atoms with Crippen molar-refractivity contribution in [2.75, 3.05) is 37.1 Å². The van der Waals surface area contributed by atoms with Crippen molar-refractivity contribution < 1.29 is 38.2 Å². The molecule has 1 atom stereocenters. The Morgan fingerprint density at radius 3 is 2.22 bits per heavy atom. The van der Waals surface area contributed by atoms with E-state index >= 15 is 0 Å². The molecule has 2 aromatic carbocycles. The molecule has 0 aliphatic carbocycles. The third kappa shape index (κ3) is 6.91. The number of benzene rings is 2. The Kier molecular flexibility index (Phi) is 9.15. The van der Waals surface area contributed by atoms with Crippen molar-refractivity contribution >= 4 is 41.1 Å². The minimum Gasteiger partial charge on any atom is -0.465 e. The molecule has 1 aliphatic heterocycles. The van der Waals surface area contributed by atoms with Crippen LogP contribution < -0.4 is 10.2 Å². The van der Waals surface area contributed by atoms with E-state index in [1.165, 1.54) is 36.3 Å². The molecule has 1 saturated heterocycles. The molecule has 0 radical (unpaired) electrons. The zero-order valence-corrected chi connectivity index (χ0v) is 20.2. The highest BCUT2D eigenvalue weighted by Gasteiger charge is 2.36. The number of ether oxygens (including phenoxy) is 3. The second kappa shape index (κ2) is 12.5. The topological polar surface area (TPSA) is 128 Å². The molecule has 1 aliphatic rings. The Hall–Kier alpha value is -4.21. The van der Waals surface area contributed by atoms with Gasteiger partial charge in [0, 0.05) is 24.3 Å². The normalized spacial score (nSPS) is 14.8. The van der Waals surface area contributed by atoms with Crippen LogP contribution in [0.2, 0.25) is 0 Å². The van der Waals surface area contributed by atoms with Crippen LogP contribution in [0.4, 0.5) is 11.4 Å². The summed E-state index contributed by atoms with van der Waals surface area (Å²) in [6.07, 6.45) is 1.66. The van der Waals surface area contributed by atoms with E-state index < -0.39 is 36.3 Å². The van der Waals surface area contributed by atoms with Gasteiger partial charge in [-0.05, 0) is 55.0 Å². The molecule has 0 saturated carbocycles. The summed E-state index contributed by atoms with van der Waals surface area (Å²) in [7, 11) is 1.27. The first-order chi connectivity index (χ1) is 17.3. The van der Waals surface area contributed by atoms with E-state index in [0.29, 0.717) is 29.1 Å². The number of esters is 3. The minimum absolute atomic E-state index is 0.0454. The Morgan fingerprint density at radius 2 is 1.58 bits per heavy atom. The number of hydrogen-bond donors (Lipinski definition) is 1. The summed E-state index contributed by atoms with van der Waals surface area (Å²) in [6.45, 7) is 1.94. The van der Waals surface area contributed by atoms with Crippen molar-refractivity contribution in [3.63, 3.8) is 0 Å². The Labute approximate surface area is 208 Å². The molecule has 3 rings (SSSR count). The Balaban J connectivity index is 1.48. The molecule has 0 bridgehead atoms. The molecule has 36 heavy (non-hydrogen) atoms. The molecule has 1 heterocycles. The number of methoxy groups -OCH3 is 1. The second-order valence-corrected chi connectivity index (χ2v) is 8.17. The summed E-state index contributed by atoms with van der Waals surface area (Å²) >= 11 is 0. The highest BCUT2D eigenvalue weighted by atomic mass is 16.5. The molecule has 1 N–H and O–H groups in total. The third-order valence-electron chi connectivity index (χ3n) is 5.54. The lowest BCUT2D eigenvalue weighted by Gasteiger charge is -2.17. The van der Waals surface area contributed by atoms with Crippen LogP contribution in [-0.2, 0) is 28.6 Å². The van der Waals surface area contributed by atoms with Crippen LogP contribution in [0.3, 0.4) is 0 Å². The smallest absolute Gasteiger partial charge is 0.338 e. The lowest BCUT2D eigenvalue weighted by Crippen LogP contribution is -2.28. The van der Waals surface area contributed by atoms with Crippen molar-refractivity contribution in [2.24, 2.45) is 5.92 Å². The van der Waals surface area contributed by atoms with Crippen molar-refractivity contribution in [1.82, 2.24) is 0 Å². The number of nitrogens with one attached hydrogen (secondary N) is 1. The van der Waals surface area contributed by atoms with Gasteiger partial charge in [-0.15, -0.1) is 0 Å². The van der Waals surface area contributed by atoms with Crippen molar-refractivity contribution in [3.05, 3.63) is 59.7 Å². The van der Waals surface area contributed by atoms with Crippen LogP contribution in [0.15, 0.2) is 48.5 Å². The van der Waals surface area contributed by atoms with E-state index in [2.05, 4.69) is 10.1 Å². The molecule has 0 spiro atoms. The van der Waals surface area contributed by atoms with Gasteiger partial charge >= 0.3 is 17.9 Å². The van der Waals surface area contributed by atoms with Gasteiger partial charge in [-0.25, -0.2) is 9.59 Å². The number of carbonyl (C=O) groups is 5. The highest BCUT2D eigenvalue weighted by molar-refractivity contribution is 6.00. The summed E-state index contributed by atoms with van der Waals surface area (Å²) in [6, 6.07) is 12.4. The number of nitrogens with zero attached hydrogens (tertiary/aromatic N) is 1. The van der Waals surface area contributed by atoms with Crippen molar-refractivity contribution in [3.8, 4) is 0 Å². The predicted octanol–water partition coefficient (Wildman–Crippen LogP) is 2.96. The summed E-state index contributed by atoms with van der Waals surface area (Å²) in [4.78, 5) is 62.0. The summed E-state index contributed by atoms with van der Waals surface area (Å²) in [5, 5.41) is 2.56. The van der Waals surface area contributed by atoms with Gasteiger partial charge in [0.25, 0.3) is 5.91 Å². The van der Waals surface area contributed by atoms with Gasteiger partial charge < -0.3 is 24.4 Å². The highest BCUT2D eigenvalue weighted by Crippen LogP contribution is 2.26. The number of anilines is 2. The fourth-order valence-corrected chi connectivity index (χ4v) is 3.54. The fraction of sp³-hybridized carbons (Fsp3) is 0.346. The van der Waals surface area contributed by atoms with Gasteiger partial charge in [0.1, 0.15) is 0 Å². The van der Waals surface area contributed by atoms with E-state index in [0.717, 1.165) is 12.8 Å². The maximum absolute atomic E-state index is 12.5. The van der Waals surface area contributed by atoms with E-state index in [1.54, 1.807) is 24.3 Å². The molecule has 190 valence electrons. The van der Waals surface area contributed by atoms with Crippen LogP contribution >= 0.6 is 0 Å². The third-order valence-corrected chi connectivity index (χ3v) is 5.54. The van der Waals surface area contributed by atoms with Crippen molar-refractivity contribution in [1.29, 1.82) is 0 Å². The van der Waals surface area contributed by atoms with Crippen LogP contribution in [0, 0.1) is 5.92 Å². The monoisotopic (exact) mass is 496 g/mol. The van der Waals surface area contributed by atoms with Crippen LogP contribution in [0.25, 0.3) is 0 Å². The minimum atomic E-state index is -0.719. The Bertz CT molecular complexity index is 1110. The summed E-state index contributed by atoms with van der Waals surface area (Å²) < 4.78 is 14.9. The molecular weight excluding hydrogens is 468 g/mol. The first-order valence-corrected chi connectivity index (χ1v) is 11.5. The van der Waals surface area contributed by atoms with Gasteiger partial charge in [0.05, 0.1) is 30.8 Å². The van der Waals surface area contributed by atoms with Gasteiger partial charge in [-0.3, -0.25) is 14.4 Å².